The van der Waals surface area contributed by atoms with Crippen molar-refractivity contribution in [3.8, 4) is 0 Å². The molecule has 2 nitrogen and oxygen atoms in total. The van der Waals surface area contributed by atoms with E-state index in [-0.39, 0.29) is 0 Å². The van der Waals surface area contributed by atoms with Gasteiger partial charge >= 0.3 is 0 Å². The molecule has 102 valence electrons. The van der Waals surface area contributed by atoms with Gasteiger partial charge in [-0.25, -0.2) is 0 Å². The van der Waals surface area contributed by atoms with Crippen molar-refractivity contribution < 1.29 is 4.74 Å². The Bertz CT molecular complexity index is 550. The number of nitrogens with one attached hydrogen (secondary N) is 1. The minimum absolute atomic E-state index is 0.399. The van der Waals surface area contributed by atoms with Crippen LogP contribution in [0.25, 0.3) is 10.1 Å². The van der Waals surface area contributed by atoms with Crippen molar-refractivity contribution >= 4 is 21.4 Å². The van der Waals surface area contributed by atoms with E-state index < -0.39 is 0 Å². The molecule has 1 aromatic heterocycles. The molecule has 0 bridgehead atoms. The summed E-state index contributed by atoms with van der Waals surface area (Å²) in [5.41, 5.74) is 1.45. The average Bonchev–Trinajstić information content (AvgIpc) is 3.03. The van der Waals surface area contributed by atoms with Crippen molar-refractivity contribution in [2.45, 2.75) is 32.4 Å². The van der Waals surface area contributed by atoms with Gasteiger partial charge in [-0.05, 0) is 42.3 Å². The van der Waals surface area contributed by atoms with E-state index in [1.807, 2.05) is 11.3 Å². The van der Waals surface area contributed by atoms with Crippen molar-refractivity contribution in [1.29, 1.82) is 0 Å². The third-order valence-electron chi connectivity index (χ3n) is 3.97. The molecule has 1 fully saturated rings. The van der Waals surface area contributed by atoms with Gasteiger partial charge in [-0.3, -0.25) is 0 Å². The zero-order valence-electron chi connectivity index (χ0n) is 11.6. The van der Waals surface area contributed by atoms with Crippen LogP contribution >= 0.6 is 11.3 Å². The molecule has 3 atom stereocenters. The third kappa shape index (κ3) is 2.55. The van der Waals surface area contributed by atoms with E-state index in [4.69, 9.17) is 4.74 Å². The molecule has 1 saturated heterocycles. The van der Waals surface area contributed by atoms with Gasteiger partial charge in [0.2, 0.25) is 0 Å². The quantitative estimate of drug-likeness (QED) is 0.911. The van der Waals surface area contributed by atoms with Gasteiger partial charge in [0.1, 0.15) is 0 Å². The number of ether oxygens (including phenoxy) is 1. The predicted molar refractivity (Wildman–Crippen MR) is 81.8 cm³/mol. The first-order valence-corrected chi connectivity index (χ1v) is 7.98. The second-order valence-electron chi connectivity index (χ2n) is 5.36. The minimum atomic E-state index is 0.399. The van der Waals surface area contributed by atoms with Crippen molar-refractivity contribution in [2.75, 3.05) is 13.2 Å². The van der Waals surface area contributed by atoms with Crippen molar-refractivity contribution in [1.82, 2.24) is 5.32 Å². The van der Waals surface area contributed by atoms with Crippen LogP contribution < -0.4 is 5.32 Å². The van der Waals surface area contributed by atoms with Crippen molar-refractivity contribution in [3.05, 3.63) is 35.2 Å². The maximum absolute atomic E-state index is 5.77. The van der Waals surface area contributed by atoms with E-state index in [9.17, 15) is 0 Å². The molecule has 3 heteroatoms. The first-order valence-electron chi connectivity index (χ1n) is 7.10. The van der Waals surface area contributed by atoms with Crippen molar-refractivity contribution in [2.24, 2.45) is 5.92 Å². The van der Waals surface area contributed by atoms with Crippen molar-refractivity contribution in [3.63, 3.8) is 0 Å². The van der Waals surface area contributed by atoms with Gasteiger partial charge < -0.3 is 10.1 Å². The van der Waals surface area contributed by atoms with Gasteiger partial charge in [0, 0.05) is 16.7 Å². The smallest absolute Gasteiger partial charge is 0.0551 e. The fourth-order valence-electron chi connectivity index (χ4n) is 3.07. The summed E-state index contributed by atoms with van der Waals surface area (Å²) in [4.78, 5) is 0. The van der Waals surface area contributed by atoms with E-state index in [0.717, 1.165) is 19.6 Å². The maximum atomic E-state index is 5.77. The molecule has 0 saturated carbocycles. The lowest BCUT2D eigenvalue weighted by atomic mass is 9.91. The van der Waals surface area contributed by atoms with Crippen LogP contribution in [-0.4, -0.2) is 19.3 Å². The van der Waals surface area contributed by atoms with Crippen LogP contribution in [0.2, 0.25) is 0 Å². The standard InChI is InChI=1S/C16H21NOS/c1-3-17-16(12-8-11(2)18-9-12)14-10-19-15-7-5-4-6-13(14)15/h4-7,10-12,16-17H,3,8-9H2,1-2H3. The SMILES string of the molecule is CCNC(c1csc2ccccc12)C1COC(C)C1. The van der Waals surface area contributed by atoms with Crippen LogP contribution in [0.5, 0.6) is 0 Å². The summed E-state index contributed by atoms with van der Waals surface area (Å²) in [7, 11) is 0. The predicted octanol–water partition coefficient (Wildman–Crippen LogP) is 3.98. The summed E-state index contributed by atoms with van der Waals surface area (Å²) in [6.07, 6.45) is 1.55. The molecule has 2 aromatic rings. The minimum Gasteiger partial charge on any atom is -0.378 e. The van der Waals surface area contributed by atoms with Gasteiger partial charge in [-0.2, -0.15) is 0 Å². The summed E-state index contributed by atoms with van der Waals surface area (Å²) in [5, 5.41) is 7.39. The number of fused-ring (bicyclic) bond motifs is 1. The Morgan fingerprint density at radius 2 is 2.26 bits per heavy atom. The maximum Gasteiger partial charge on any atom is 0.0551 e. The molecule has 0 radical (unpaired) electrons. The monoisotopic (exact) mass is 275 g/mol. The molecule has 0 aliphatic carbocycles. The van der Waals surface area contributed by atoms with Gasteiger partial charge in [0.25, 0.3) is 0 Å². The van der Waals surface area contributed by atoms with Crippen LogP contribution in [0.3, 0.4) is 0 Å². The summed E-state index contributed by atoms with van der Waals surface area (Å²) in [5.74, 6) is 0.591. The molecule has 2 heterocycles. The fourth-order valence-corrected chi connectivity index (χ4v) is 4.07. The topological polar surface area (TPSA) is 21.3 Å². The normalized spacial score (nSPS) is 24.9. The molecular formula is C16H21NOS. The average molecular weight is 275 g/mol. The first kappa shape index (κ1) is 13.1. The van der Waals surface area contributed by atoms with Crippen LogP contribution in [0, 0.1) is 5.92 Å². The Hall–Kier alpha value is -0.900. The highest BCUT2D eigenvalue weighted by Gasteiger charge is 2.31. The Labute approximate surface area is 118 Å². The summed E-state index contributed by atoms with van der Waals surface area (Å²) in [6.45, 7) is 6.23. The summed E-state index contributed by atoms with van der Waals surface area (Å²) >= 11 is 1.85. The molecule has 1 aliphatic rings. The molecule has 19 heavy (non-hydrogen) atoms. The Kier molecular flexibility index (Phi) is 3.87. The van der Waals surface area contributed by atoms with E-state index in [2.05, 4.69) is 48.8 Å². The molecule has 3 unspecified atom stereocenters. The lowest BCUT2D eigenvalue weighted by Crippen LogP contribution is -2.28. The second-order valence-corrected chi connectivity index (χ2v) is 6.27. The van der Waals surface area contributed by atoms with E-state index in [0.29, 0.717) is 18.1 Å². The highest BCUT2D eigenvalue weighted by molar-refractivity contribution is 7.17. The van der Waals surface area contributed by atoms with Gasteiger partial charge in [-0.1, -0.05) is 25.1 Å². The van der Waals surface area contributed by atoms with E-state index >= 15 is 0 Å². The van der Waals surface area contributed by atoms with E-state index in [1.165, 1.54) is 15.6 Å². The Morgan fingerprint density at radius 3 is 3.00 bits per heavy atom. The molecule has 0 amide bonds. The molecule has 1 aliphatic heterocycles. The van der Waals surface area contributed by atoms with E-state index in [1.54, 1.807) is 0 Å². The highest BCUT2D eigenvalue weighted by atomic mass is 32.1. The lowest BCUT2D eigenvalue weighted by molar-refractivity contribution is 0.117. The molecule has 1 N–H and O–H groups in total. The number of benzene rings is 1. The fraction of sp³-hybridized carbons (Fsp3) is 0.500. The van der Waals surface area contributed by atoms with Crippen LogP contribution in [0.15, 0.2) is 29.6 Å². The van der Waals surface area contributed by atoms with Gasteiger partial charge in [0.05, 0.1) is 12.7 Å². The lowest BCUT2D eigenvalue weighted by Gasteiger charge is -2.23. The van der Waals surface area contributed by atoms with Gasteiger partial charge in [0.15, 0.2) is 0 Å². The zero-order chi connectivity index (χ0) is 13.2. The van der Waals surface area contributed by atoms with Crippen LogP contribution in [0.4, 0.5) is 0 Å². The zero-order valence-corrected chi connectivity index (χ0v) is 12.4. The van der Waals surface area contributed by atoms with Crippen LogP contribution in [-0.2, 0) is 4.74 Å². The molecule has 1 aromatic carbocycles. The number of rotatable bonds is 4. The number of hydrogen-bond donors (Lipinski definition) is 1. The number of hydrogen-bond acceptors (Lipinski definition) is 3. The first-order chi connectivity index (χ1) is 9.29. The second kappa shape index (κ2) is 5.61. The molecule has 0 spiro atoms. The highest BCUT2D eigenvalue weighted by Crippen LogP contribution is 2.37. The van der Waals surface area contributed by atoms with Gasteiger partial charge in [-0.15, -0.1) is 11.3 Å². The largest absolute Gasteiger partial charge is 0.378 e. The molecular weight excluding hydrogens is 254 g/mol. The summed E-state index contributed by atoms with van der Waals surface area (Å²) in [6, 6.07) is 9.12. The Balaban J connectivity index is 1.95. The molecule has 3 rings (SSSR count). The number of thiophene rings is 1. The Morgan fingerprint density at radius 1 is 1.42 bits per heavy atom. The third-order valence-corrected chi connectivity index (χ3v) is 4.95. The summed E-state index contributed by atoms with van der Waals surface area (Å²) < 4.78 is 7.15. The van der Waals surface area contributed by atoms with Crippen LogP contribution in [0.1, 0.15) is 31.9 Å².